The van der Waals surface area contributed by atoms with Crippen molar-refractivity contribution in [3.63, 3.8) is 0 Å². The van der Waals surface area contributed by atoms with Crippen LogP contribution in [0.25, 0.3) is 0 Å². The number of halogens is 2. The number of methoxy groups -OCH3 is 3. The number of thioether (sulfide) groups is 1. The van der Waals surface area contributed by atoms with Crippen molar-refractivity contribution in [1.82, 2.24) is 67.5 Å². The van der Waals surface area contributed by atoms with Gasteiger partial charge in [-0.2, -0.15) is 0 Å². The van der Waals surface area contributed by atoms with Crippen molar-refractivity contribution in [3.05, 3.63) is 154 Å². The normalized spacial score (nSPS) is 20.1. The third kappa shape index (κ3) is 40.8. The summed E-state index contributed by atoms with van der Waals surface area (Å²) in [6.45, 7) is 25.2. The highest BCUT2D eigenvalue weighted by atomic mass is 35.5. The van der Waals surface area contributed by atoms with E-state index >= 15 is 0 Å². The summed E-state index contributed by atoms with van der Waals surface area (Å²) >= 11 is 14.4. The highest BCUT2D eigenvalue weighted by Gasteiger charge is 2.48. The Morgan fingerprint density at radius 1 is 0.434 bits per heavy atom. The zero-order valence-electron chi connectivity index (χ0n) is 90.9. The molecule has 27 nitrogen and oxygen atoms in total. The molecule has 0 aromatic heterocycles. The average Bonchev–Trinajstić information content (AvgIpc) is 0.760. The summed E-state index contributed by atoms with van der Waals surface area (Å²) in [5.74, 6) is 3.33. The van der Waals surface area contributed by atoms with Crippen LogP contribution in [0.3, 0.4) is 0 Å². The Bertz CT molecular complexity index is 4540. The zero-order valence-corrected chi connectivity index (χ0v) is 93.2. The molecule has 4 saturated heterocycles. The van der Waals surface area contributed by atoms with Crippen LogP contribution in [0, 0.1) is 46.8 Å². The number of rotatable bonds is 50. The predicted molar refractivity (Wildman–Crippen MR) is 589 cm³/mol. The molecule has 0 spiro atoms. The maximum Gasteiger partial charge on any atom is 0.317 e. The van der Waals surface area contributed by atoms with E-state index in [-0.39, 0.29) is 83.3 Å². The molecular formula is C115H187Cl2N13O14S. The molecule has 2 saturated carbocycles. The Morgan fingerprint density at radius 2 is 0.821 bits per heavy atom. The van der Waals surface area contributed by atoms with Crippen molar-refractivity contribution in [2.45, 2.75) is 305 Å². The lowest BCUT2D eigenvalue weighted by molar-refractivity contribution is -0.119. The summed E-state index contributed by atoms with van der Waals surface area (Å²) in [4.78, 5) is 73.1. The molecule has 9 amide bonds. The third-order valence-corrected chi connectivity index (χ3v) is 31.4. The topological polar surface area (TPSA) is 334 Å². The quantitative estimate of drug-likeness (QED) is 0.0127. The number of amides is 9. The van der Waals surface area contributed by atoms with E-state index < -0.39 is 22.4 Å². The van der Waals surface area contributed by atoms with E-state index in [9.17, 15) is 44.4 Å². The predicted octanol–water partition coefficient (Wildman–Crippen LogP) is 20.2. The van der Waals surface area contributed by atoms with Crippen molar-refractivity contribution in [3.8, 4) is 17.2 Å². The first kappa shape index (κ1) is 123. The van der Waals surface area contributed by atoms with Gasteiger partial charge in [0.2, 0.25) is 5.91 Å². The molecule has 0 bridgehead atoms. The number of para-hydroxylation sites is 3. The van der Waals surface area contributed by atoms with Gasteiger partial charge in [-0.15, -0.1) is 11.8 Å². The van der Waals surface area contributed by atoms with Crippen LogP contribution in [-0.4, -0.2) is 262 Å². The van der Waals surface area contributed by atoms with Gasteiger partial charge in [-0.1, -0.05) is 195 Å². The van der Waals surface area contributed by atoms with E-state index in [1.807, 2.05) is 146 Å². The standard InChI is InChI=1S/C30H53N3O4.C29H49N3O3S.C28H45ClN4O3.C28H40ClN3O4/c1-23(2)19-25(20-31-6)32-28(34)33-17-12-13-24(21-33)30(35,16-10-11-18-36-7)26-14-8-9-15-27(26)37-22-29(3,4)5;1-30-21-26(19-23-11-5-4-6-12-23)31-28(33)32-17-10-14-25(22-32)29(34,16-7-8-18-35-2)24-13-9-15-27(20-24)36-3;1-21(34)31-15-8-14-28(36,23-11-6-13-25(29)18-23)24-12-7-16-33(20-24)27(35)32-26(19-30-2)17-22-9-4-3-5-10-22;1-21(19-30-2)31-27(33)32-17-10-11-22(20-32)28(34,16-8-9-18-35-3)23-12-4-6-14-25(23)36-26-15-7-5-13-24(26)29/h8-9,14-15,23-25,31,35H,10-13,16-22H2,1-7H3,(H,32,34);9,13,15,20,23,25-26,30,34H,4-8,10-12,14,16-19,21-22H2,1-3H3,(H,31,33);6,11,13,18,22,24,26,30,36H,3-5,7-10,12,14-17,19-20H2,1-2H3,(H,31,34)(H,32,35);4-7,12-15,21-22,30,34H,8-11,16-20H2,1-3H3,(H,31,33)/t24-,25+,30+;25-,26+,29-;24-,26+,28-;21-,22+,28-/m1110/s1. The molecule has 6 aliphatic rings. The SMILES string of the molecule is CNC[C@H](C)NC(=O)N1CCC[C@@H]([C@@](O)(CCCCOC)c2ccccc2Oc2ccccc2Cl)C1.CNC[C@H](CC(C)C)NC(=O)N1CCC[C@@H]([C@@](O)(CCCCOC)c2ccccc2OCC(C)(C)C)C1.CNC[C@H](CC1CCCCC1)NC(=O)N1CCC[C@@H]([C@@](O)(CCCCOC)c2cccc(SC)c2)C1.CNC[C@H](CC1CCCCC1)NC(=O)N1CCC[C@@H]([C@@](O)(CCCNC(C)=O)c2cccc(Cl)c2)C1. The maximum absolute atomic E-state index is 13.4. The first-order chi connectivity index (χ1) is 69.7. The van der Waals surface area contributed by atoms with Gasteiger partial charge < -0.3 is 112 Å². The molecule has 4 aliphatic heterocycles. The van der Waals surface area contributed by atoms with Gasteiger partial charge in [-0.05, 0) is 265 Å². The van der Waals surface area contributed by atoms with Crippen LogP contribution in [0.5, 0.6) is 17.2 Å². The number of piperidine rings is 4. The molecule has 12 atom stereocenters. The first-order valence-electron chi connectivity index (χ1n) is 54.8. The summed E-state index contributed by atoms with van der Waals surface area (Å²) in [5, 5.41) is 78.7. The molecule has 816 valence electrons. The molecular weight excluding hydrogens is 1890 g/mol. The molecule has 5 aromatic carbocycles. The largest absolute Gasteiger partial charge is 0.493 e. The minimum atomic E-state index is -1.18. The number of likely N-dealkylation sites (tertiary alicyclic amines) is 4. The van der Waals surface area contributed by atoms with Gasteiger partial charge in [-0.3, -0.25) is 4.79 Å². The lowest BCUT2D eigenvalue weighted by atomic mass is 9.73. The van der Waals surface area contributed by atoms with Gasteiger partial charge in [0.15, 0.2) is 0 Å². The number of nitrogens with one attached hydrogen (secondary N) is 9. The van der Waals surface area contributed by atoms with Gasteiger partial charge in [-0.25, -0.2) is 19.2 Å². The van der Waals surface area contributed by atoms with Crippen molar-refractivity contribution < 1.29 is 68.1 Å². The van der Waals surface area contributed by atoms with E-state index in [1.165, 1.54) is 71.1 Å². The second-order valence-electron chi connectivity index (χ2n) is 43.5. The van der Waals surface area contributed by atoms with Gasteiger partial charge >= 0.3 is 24.1 Å². The van der Waals surface area contributed by atoms with E-state index in [2.05, 4.69) is 107 Å². The number of likely N-dealkylation sites (N-methyl/N-ethyl adjacent to an activating group) is 4. The maximum atomic E-state index is 13.4. The Balaban J connectivity index is 0.000000236. The first-order valence-corrected chi connectivity index (χ1v) is 56.7. The molecule has 0 radical (unpaired) electrons. The van der Waals surface area contributed by atoms with E-state index in [0.717, 1.165) is 168 Å². The van der Waals surface area contributed by atoms with E-state index in [4.69, 9.17) is 46.9 Å². The Morgan fingerprint density at radius 3 is 1.24 bits per heavy atom. The smallest absolute Gasteiger partial charge is 0.317 e. The Labute approximate surface area is 885 Å². The monoisotopic (exact) mass is 2080 g/mol. The summed E-state index contributed by atoms with van der Waals surface area (Å²) in [6.07, 6.45) is 33.0. The molecule has 30 heteroatoms. The number of unbranched alkanes of at least 4 members (excludes halogenated alkanes) is 3. The van der Waals surface area contributed by atoms with E-state index in [1.54, 1.807) is 45.2 Å². The van der Waals surface area contributed by atoms with Crippen LogP contribution >= 0.6 is 35.0 Å². The average molecular weight is 2080 g/mol. The van der Waals surface area contributed by atoms with Crippen LogP contribution in [0.1, 0.15) is 276 Å². The molecule has 4 heterocycles. The highest BCUT2D eigenvalue weighted by Crippen LogP contribution is 2.49. The number of nitrogens with zero attached hydrogens (tertiary/aromatic N) is 4. The fourth-order valence-corrected chi connectivity index (χ4v) is 23.3. The minimum absolute atomic E-state index is 0.00327. The number of hydrogen-bond donors (Lipinski definition) is 13. The Kier molecular flexibility index (Phi) is 55.2. The van der Waals surface area contributed by atoms with Crippen LogP contribution in [0.2, 0.25) is 10.0 Å². The van der Waals surface area contributed by atoms with E-state index in [0.29, 0.717) is 157 Å². The summed E-state index contributed by atoms with van der Waals surface area (Å²) < 4.78 is 28.3. The molecule has 5 aromatic rings. The summed E-state index contributed by atoms with van der Waals surface area (Å²) in [6, 6.07) is 38.8. The Hall–Kier alpha value is -7.26. The number of hydrogen-bond acceptors (Lipinski definition) is 19. The molecule has 11 rings (SSSR count). The van der Waals surface area contributed by atoms with Crippen LogP contribution < -0.4 is 57.3 Å². The number of benzene rings is 5. The zero-order chi connectivity index (χ0) is 105. The van der Waals surface area contributed by atoms with Gasteiger partial charge in [0, 0.05) is 202 Å². The lowest BCUT2D eigenvalue weighted by Crippen LogP contribution is -2.54. The number of aliphatic hydroxyl groups is 4. The summed E-state index contributed by atoms with van der Waals surface area (Å²) in [7, 11) is 12.8. The summed E-state index contributed by atoms with van der Waals surface area (Å²) in [5.41, 5.74) is -1.05. The number of ether oxygens (including phenoxy) is 5. The molecule has 13 N–H and O–H groups in total. The van der Waals surface area contributed by atoms with Gasteiger partial charge in [0.05, 0.1) is 34.0 Å². The molecule has 2 aliphatic carbocycles. The van der Waals surface area contributed by atoms with Crippen molar-refractivity contribution in [1.29, 1.82) is 0 Å². The van der Waals surface area contributed by atoms with Gasteiger partial charge in [0.25, 0.3) is 0 Å². The molecule has 6 fully saturated rings. The number of carbonyl (C=O) groups is 5. The van der Waals surface area contributed by atoms with Crippen molar-refractivity contribution in [2.75, 3.05) is 167 Å². The van der Waals surface area contributed by atoms with Gasteiger partial charge in [0.1, 0.15) is 17.2 Å². The van der Waals surface area contributed by atoms with Crippen LogP contribution in [0.4, 0.5) is 19.2 Å². The van der Waals surface area contributed by atoms with Crippen LogP contribution in [-0.2, 0) is 41.4 Å². The van der Waals surface area contributed by atoms with Crippen molar-refractivity contribution >= 4 is 65.0 Å². The minimum Gasteiger partial charge on any atom is -0.493 e. The number of carbonyl (C=O) groups excluding carboxylic acids is 5. The number of urea groups is 4. The third-order valence-electron chi connectivity index (χ3n) is 30.1. The fourth-order valence-electron chi connectivity index (χ4n) is 22.5. The molecule has 0 unspecified atom stereocenters. The highest BCUT2D eigenvalue weighted by molar-refractivity contribution is 7.98. The second-order valence-corrected chi connectivity index (χ2v) is 45.2. The lowest BCUT2D eigenvalue weighted by Gasteiger charge is -2.43. The fraction of sp³-hybridized carbons (Fsp3) is 0.696. The second kappa shape index (κ2) is 65.1. The molecule has 145 heavy (non-hydrogen) atoms. The van der Waals surface area contributed by atoms with Crippen LogP contribution in [0.15, 0.2) is 126 Å². The van der Waals surface area contributed by atoms with Crippen molar-refractivity contribution in [2.24, 2.45) is 46.8 Å².